The van der Waals surface area contributed by atoms with Gasteiger partial charge in [0.15, 0.2) is 6.61 Å². The van der Waals surface area contributed by atoms with E-state index in [-0.39, 0.29) is 17.0 Å². The van der Waals surface area contributed by atoms with Gasteiger partial charge in [-0.3, -0.25) is 4.79 Å². The van der Waals surface area contributed by atoms with Crippen molar-refractivity contribution in [2.24, 2.45) is 5.10 Å². The molecular formula is C16H13F3N2O2. The lowest BCUT2D eigenvalue weighted by Gasteiger charge is -2.07. The molecule has 1 N–H and O–H groups in total. The number of carbonyl (C=O) groups is 1. The second-order valence-corrected chi connectivity index (χ2v) is 4.57. The molecule has 0 saturated heterocycles. The summed E-state index contributed by atoms with van der Waals surface area (Å²) in [6, 6.07) is 8.69. The summed E-state index contributed by atoms with van der Waals surface area (Å²) in [6.45, 7) is 0.940. The lowest BCUT2D eigenvalue weighted by atomic mass is 10.1. The summed E-state index contributed by atoms with van der Waals surface area (Å²) < 4.78 is 45.1. The molecule has 0 spiro atoms. The first-order valence-electron chi connectivity index (χ1n) is 6.63. The highest BCUT2D eigenvalue weighted by Crippen LogP contribution is 2.13. The average Bonchev–Trinajstić information content (AvgIpc) is 2.51. The number of hydrazone groups is 1. The van der Waals surface area contributed by atoms with Gasteiger partial charge >= 0.3 is 0 Å². The number of ether oxygens (including phenoxy) is 1. The van der Waals surface area contributed by atoms with E-state index < -0.39 is 30.0 Å². The first-order valence-corrected chi connectivity index (χ1v) is 6.63. The van der Waals surface area contributed by atoms with E-state index in [4.69, 9.17) is 4.74 Å². The van der Waals surface area contributed by atoms with Crippen molar-refractivity contribution in [1.29, 1.82) is 0 Å². The predicted molar refractivity (Wildman–Crippen MR) is 78.6 cm³/mol. The van der Waals surface area contributed by atoms with E-state index in [2.05, 4.69) is 10.5 Å². The zero-order valence-electron chi connectivity index (χ0n) is 12.1. The van der Waals surface area contributed by atoms with Crippen LogP contribution in [0.4, 0.5) is 13.2 Å². The monoisotopic (exact) mass is 322 g/mol. The minimum absolute atomic E-state index is 0.0281. The Balaban J connectivity index is 1.95. The molecule has 0 unspecified atom stereocenters. The number of hydrogen-bond acceptors (Lipinski definition) is 3. The van der Waals surface area contributed by atoms with Crippen molar-refractivity contribution < 1.29 is 22.7 Å². The Morgan fingerprint density at radius 2 is 1.78 bits per heavy atom. The average molecular weight is 322 g/mol. The molecule has 0 saturated carbocycles. The second-order valence-electron chi connectivity index (χ2n) is 4.57. The smallest absolute Gasteiger partial charge is 0.277 e. The van der Waals surface area contributed by atoms with E-state index >= 15 is 0 Å². The number of halogens is 3. The lowest BCUT2D eigenvalue weighted by molar-refractivity contribution is -0.123. The molecule has 0 heterocycles. The minimum atomic E-state index is -0.781. The summed E-state index contributed by atoms with van der Waals surface area (Å²) in [5, 5.41) is 3.63. The fourth-order valence-electron chi connectivity index (χ4n) is 1.78. The van der Waals surface area contributed by atoms with Gasteiger partial charge in [-0.05, 0) is 31.2 Å². The molecule has 7 heteroatoms. The van der Waals surface area contributed by atoms with Gasteiger partial charge in [0, 0.05) is 6.07 Å². The molecule has 0 atom stereocenters. The third-order valence-corrected chi connectivity index (χ3v) is 2.84. The highest BCUT2D eigenvalue weighted by atomic mass is 19.1. The molecular weight excluding hydrogens is 309 g/mol. The maximum Gasteiger partial charge on any atom is 0.277 e. The second kappa shape index (κ2) is 7.44. The van der Waals surface area contributed by atoms with Crippen LogP contribution in [0, 0.1) is 17.5 Å². The number of hydrogen-bond donors (Lipinski definition) is 1. The number of amides is 1. The van der Waals surface area contributed by atoms with Gasteiger partial charge in [0.25, 0.3) is 5.91 Å². The fourth-order valence-corrected chi connectivity index (χ4v) is 1.78. The van der Waals surface area contributed by atoms with Gasteiger partial charge in [0.05, 0.1) is 11.3 Å². The molecule has 0 aliphatic heterocycles. The maximum atomic E-state index is 13.5. The van der Waals surface area contributed by atoms with E-state index in [1.54, 1.807) is 0 Å². The van der Waals surface area contributed by atoms with Crippen molar-refractivity contribution in [1.82, 2.24) is 5.43 Å². The standard InChI is InChI=1S/C16H13F3N2O2/c1-10(16-13(18)6-3-7-14(16)19)20-21-15(22)9-23-12-5-2-4-11(17)8-12/h2-8H,9H2,1H3,(H,21,22)/b20-10-. The van der Waals surface area contributed by atoms with Crippen LogP contribution in [0.15, 0.2) is 47.6 Å². The first-order chi connectivity index (χ1) is 11.0. The fraction of sp³-hybridized carbons (Fsp3) is 0.125. The van der Waals surface area contributed by atoms with Crippen molar-refractivity contribution in [3.05, 3.63) is 65.5 Å². The highest BCUT2D eigenvalue weighted by molar-refractivity contribution is 5.99. The summed E-state index contributed by atoms with van der Waals surface area (Å²) in [7, 11) is 0. The van der Waals surface area contributed by atoms with Crippen molar-refractivity contribution in [3.63, 3.8) is 0 Å². The molecule has 0 aromatic heterocycles. The number of nitrogens with one attached hydrogen (secondary N) is 1. The predicted octanol–water partition coefficient (Wildman–Crippen LogP) is 3.02. The van der Waals surface area contributed by atoms with Crippen LogP contribution in [-0.2, 0) is 4.79 Å². The molecule has 120 valence electrons. The highest BCUT2D eigenvalue weighted by Gasteiger charge is 2.12. The van der Waals surface area contributed by atoms with Crippen LogP contribution in [0.1, 0.15) is 12.5 Å². The Morgan fingerprint density at radius 1 is 1.13 bits per heavy atom. The number of benzene rings is 2. The molecule has 0 aliphatic carbocycles. The largest absolute Gasteiger partial charge is 0.484 e. The van der Waals surface area contributed by atoms with Gasteiger partial charge in [-0.1, -0.05) is 12.1 Å². The summed E-state index contributed by atoms with van der Waals surface area (Å²) in [6.07, 6.45) is 0. The first kappa shape index (κ1) is 16.5. The topological polar surface area (TPSA) is 50.7 Å². The lowest BCUT2D eigenvalue weighted by Crippen LogP contribution is -2.26. The Labute approximate surface area is 130 Å². The number of nitrogens with zero attached hydrogens (tertiary/aromatic N) is 1. The molecule has 0 radical (unpaired) electrons. The van der Waals surface area contributed by atoms with E-state index in [9.17, 15) is 18.0 Å². The Bertz CT molecular complexity index is 728. The van der Waals surface area contributed by atoms with Crippen LogP contribution in [-0.4, -0.2) is 18.2 Å². The maximum absolute atomic E-state index is 13.5. The van der Waals surface area contributed by atoms with Gasteiger partial charge in [-0.15, -0.1) is 0 Å². The molecule has 4 nitrogen and oxygen atoms in total. The van der Waals surface area contributed by atoms with Gasteiger partial charge < -0.3 is 4.74 Å². The number of carbonyl (C=O) groups excluding carboxylic acids is 1. The zero-order valence-corrected chi connectivity index (χ0v) is 12.1. The quantitative estimate of drug-likeness (QED) is 0.679. The van der Waals surface area contributed by atoms with E-state index in [1.165, 1.54) is 31.2 Å². The normalized spacial score (nSPS) is 11.2. The summed E-state index contributed by atoms with van der Waals surface area (Å²) in [5.41, 5.74) is 1.77. The third-order valence-electron chi connectivity index (χ3n) is 2.84. The SMILES string of the molecule is C/C(=N/NC(=O)COc1cccc(F)c1)c1c(F)cccc1F. The van der Waals surface area contributed by atoms with Crippen LogP contribution < -0.4 is 10.2 Å². The third kappa shape index (κ3) is 4.57. The number of rotatable bonds is 5. The Hall–Kier alpha value is -2.83. The summed E-state index contributed by atoms with van der Waals surface area (Å²) in [4.78, 5) is 11.6. The van der Waals surface area contributed by atoms with Crippen molar-refractivity contribution in [2.45, 2.75) is 6.92 Å². The Kier molecular flexibility index (Phi) is 5.35. The molecule has 0 fully saturated rings. The molecule has 2 rings (SSSR count). The van der Waals surface area contributed by atoms with E-state index in [0.29, 0.717) is 0 Å². The molecule has 0 aliphatic rings. The van der Waals surface area contributed by atoms with Crippen molar-refractivity contribution in [3.8, 4) is 5.75 Å². The van der Waals surface area contributed by atoms with Crippen LogP contribution in [0.25, 0.3) is 0 Å². The molecule has 23 heavy (non-hydrogen) atoms. The Morgan fingerprint density at radius 3 is 2.43 bits per heavy atom. The van der Waals surface area contributed by atoms with Crippen LogP contribution >= 0.6 is 0 Å². The van der Waals surface area contributed by atoms with Crippen molar-refractivity contribution in [2.75, 3.05) is 6.61 Å². The van der Waals surface area contributed by atoms with Crippen LogP contribution in [0.5, 0.6) is 5.75 Å². The van der Waals surface area contributed by atoms with Gasteiger partial charge in [0.2, 0.25) is 0 Å². The summed E-state index contributed by atoms with van der Waals surface area (Å²) in [5.74, 6) is -2.52. The summed E-state index contributed by atoms with van der Waals surface area (Å²) >= 11 is 0. The minimum Gasteiger partial charge on any atom is -0.484 e. The van der Waals surface area contributed by atoms with Gasteiger partial charge in [-0.2, -0.15) is 5.10 Å². The molecule has 2 aromatic carbocycles. The van der Waals surface area contributed by atoms with E-state index in [1.807, 2.05) is 0 Å². The van der Waals surface area contributed by atoms with E-state index in [0.717, 1.165) is 18.2 Å². The van der Waals surface area contributed by atoms with Crippen LogP contribution in [0.2, 0.25) is 0 Å². The van der Waals surface area contributed by atoms with Gasteiger partial charge in [0.1, 0.15) is 23.2 Å². The van der Waals surface area contributed by atoms with Crippen molar-refractivity contribution >= 4 is 11.6 Å². The molecule has 1 amide bonds. The zero-order chi connectivity index (χ0) is 16.8. The molecule has 2 aromatic rings. The molecule has 0 bridgehead atoms. The van der Waals surface area contributed by atoms with Gasteiger partial charge in [-0.25, -0.2) is 18.6 Å². The van der Waals surface area contributed by atoms with Crippen LogP contribution in [0.3, 0.4) is 0 Å².